The van der Waals surface area contributed by atoms with Crippen LogP contribution in [0.2, 0.25) is 0 Å². The molecule has 2 rings (SSSR count). The number of nitrogens with two attached hydrogens (primary N) is 1. The summed E-state index contributed by atoms with van der Waals surface area (Å²) < 4.78 is 27.9. The van der Waals surface area contributed by atoms with Gasteiger partial charge in [0.1, 0.15) is 10.6 Å². The summed E-state index contributed by atoms with van der Waals surface area (Å²) in [5.41, 5.74) is 0.789. The van der Waals surface area contributed by atoms with Crippen LogP contribution in [0.3, 0.4) is 0 Å². The number of carbonyl (C=O) groups excluding carboxylic acids is 1. The summed E-state index contributed by atoms with van der Waals surface area (Å²) in [5, 5.41) is 7.90. The first-order valence-corrected chi connectivity index (χ1v) is 8.06. The van der Waals surface area contributed by atoms with Crippen LogP contribution in [0.1, 0.15) is 5.56 Å². The largest absolute Gasteiger partial charge is 0.495 e. The average molecular weight is 302 g/mol. The van der Waals surface area contributed by atoms with Gasteiger partial charge in [-0.15, -0.1) is 0 Å². The van der Waals surface area contributed by atoms with E-state index in [-0.39, 0.29) is 21.9 Å². The number of thioether (sulfide) groups is 1. The summed E-state index contributed by atoms with van der Waals surface area (Å²) in [6.45, 7) is 0. The van der Waals surface area contributed by atoms with E-state index < -0.39 is 10.0 Å². The molecule has 3 N–H and O–H groups in total. The third-order valence-electron chi connectivity index (χ3n) is 2.75. The lowest BCUT2D eigenvalue weighted by molar-refractivity contribution is 0.260. The maximum atomic E-state index is 11.5. The molecule has 1 saturated heterocycles. The highest BCUT2D eigenvalue weighted by Crippen LogP contribution is 2.25. The maximum Gasteiger partial charge on any atom is 0.279 e. The number of ether oxygens (including phenoxy) is 1. The third-order valence-corrected chi connectivity index (χ3v) is 4.64. The standard InChI is InChI=1S/C11H14N2O4S2/c1-17-9-3-2-7(5-10(9)19(12,15)16)4-8-6-18-11(14)13-8/h2-3,5,8H,4,6H2,1H3,(H,13,14)(H2,12,15,16)/t8-/m0/s1. The zero-order valence-electron chi connectivity index (χ0n) is 10.3. The Balaban J connectivity index is 2.25. The van der Waals surface area contributed by atoms with E-state index in [4.69, 9.17) is 9.88 Å². The summed E-state index contributed by atoms with van der Waals surface area (Å²) in [6, 6.07) is 4.84. The molecular formula is C11H14N2O4S2. The van der Waals surface area contributed by atoms with E-state index in [1.54, 1.807) is 12.1 Å². The number of sulfonamides is 1. The fourth-order valence-corrected chi connectivity index (χ4v) is 3.44. The molecule has 104 valence electrons. The summed E-state index contributed by atoms with van der Waals surface area (Å²) in [6.07, 6.45) is 0.561. The minimum atomic E-state index is -3.83. The number of methoxy groups -OCH3 is 1. The minimum Gasteiger partial charge on any atom is -0.495 e. The second-order valence-electron chi connectivity index (χ2n) is 4.17. The van der Waals surface area contributed by atoms with Crippen LogP contribution in [0, 0.1) is 0 Å². The predicted molar refractivity (Wildman–Crippen MR) is 72.8 cm³/mol. The van der Waals surface area contributed by atoms with Gasteiger partial charge in [0, 0.05) is 11.8 Å². The predicted octanol–water partition coefficient (Wildman–Crippen LogP) is 0.710. The Kier molecular flexibility index (Phi) is 4.02. The fourth-order valence-electron chi connectivity index (χ4n) is 1.89. The van der Waals surface area contributed by atoms with E-state index in [2.05, 4.69) is 5.32 Å². The van der Waals surface area contributed by atoms with Crippen molar-refractivity contribution in [3.8, 4) is 5.75 Å². The van der Waals surface area contributed by atoms with Crippen molar-refractivity contribution in [2.24, 2.45) is 5.14 Å². The SMILES string of the molecule is COc1ccc(C[C@H]2CSC(=O)N2)cc1S(N)(=O)=O. The van der Waals surface area contributed by atoms with Crippen LogP contribution in [-0.2, 0) is 16.4 Å². The van der Waals surface area contributed by atoms with E-state index >= 15 is 0 Å². The number of carbonyl (C=O) groups is 1. The third kappa shape index (κ3) is 3.40. The molecule has 1 amide bonds. The van der Waals surface area contributed by atoms with Gasteiger partial charge in [0.15, 0.2) is 0 Å². The van der Waals surface area contributed by atoms with Crippen molar-refractivity contribution in [2.45, 2.75) is 17.4 Å². The lowest BCUT2D eigenvalue weighted by atomic mass is 10.1. The molecule has 0 saturated carbocycles. The van der Waals surface area contributed by atoms with E-state index in [1.807, 2.05) is 0 Å². The molecule has 0 unspecified atom stereocenters. The fraction of sp³-hybridized carbons (Fsp3) is 0.364. The summed E-state index contributed by atoms with van der Waals surface area (Å²) in [5.74, 6) is 0.895. The Labute approximate surface area is 115 Å². The Morgan fingerprint density at radius 3 is 2.79 bits per heavy atom. The van der Waals surface area contributed by atoms with Gasteiger partial charge in [-0.25, -0.2) is 13.6 Å². The van der Waals surface area contributed by atoms with Gasteiger partial charge in [0.2, 0.25) is 10.0 Å². The normalized spacial score (nSPS) is 19.3. The van der Waals surface area contributed by atoms with Gasteiger partial charge in [-0.2, -0.15) is 0 Å². The Bertz CT molecular complexity index is 601. The minimum absolute atomic E-state index is 0.0132. The second kappa shape index (κ2) is 5.40. The molecule has 0 radical (unpaired) electrons. The van der Waals surface area contributed by atoms with Crippen molar-refractivity contribution < 1.29 is 17.9 Å². The van der Waals surface area contributed by atoms with Gasteiger partial charge < -0.3 is 10.1 Å². The highest BCUT2D eigenvalue weighted by Gasteiger charge is 2.23. The van der Waals surface area contributed by atoms with Gasteiger partial charge in [-0.05, 0) is 24.1 Å². The molecule has 8 heteroatoms. The van der Waals surface area contributed by atoms with Crippen molar-refractivity contribution in [3.63, 3.8) is 0 Å². The number of hydrogen-bond donors (Lipinski definition) is 2. The van der Waals surface area contributed by atoms with Crippen LogP contribution in [0.5, 0.6) is 5.75 Å². The van der Waals surface area contributed by atoms with Crippen molar-refractivity contribution in [3.05, 3.63) is 23.8 Å². The van der Waals surface area contributed by atoms with E-state index in [9.17, 15) is 13.2 Å². The van der Waals surface area contributed by atoms with Crippen molar-refractivity contribution in [1.82, 2.24) is 5.32 Å². The molecule has 1 aromatic carbocycles. The summed E-state index contributed by atoms with van der Waals surface area (Å²) in [4.78, 5) is 11.0. The van der Waals surface area contributed by atoms with Gasteiger partial charge in [0.05, 0.1) is 7.11 Å². The van der Waals surface area contributed by atoms with Crippen LogP contribution in [-0.4, -0.2) is 32.6 Å². The van der Waals surface area contributed by atoms with Crippen molar-refractivity contribution in [2.75, 3.05) is 12.9 Å². The first-order valence-electron chi connectivity index (χ1n) is 5.53. The quantitative estimate of drug-likeness (QED) is 0.853. The summed E-state index contributed by atoms with van der Waals surface area (Å²) in [7, 11) is -2.44. The maximum absolute atomic E-state index is 11.5. The van der Waals surface area contributed by atoms with Crippen LogP contribution < -0.4 is 15.2 Å². The average Bonchev–Trinajstić information content (AvgIpc) is 2.73. The Hall–Kier alpha value is -1.25. The number of primary sulfonamides is 1. The molecule has 6 nitrogen and oxygen atoms in total. The first-order chi connectivity index (χ1) is 8.90. The molecule has 0 aliphatic carbocycles. The molecule has 19 heavy (non-hydrogen) atoms. The monoisotopic (exact) mass is 302 g/mol. The highest BCUT2D eigenvalue weighted by atomic mass is 32.2. The molecule has 1 aliphatic heterocycles. The topological polar surface area (TPSA) is 98.5 Å². The Morgan fingerprint density at radius 1 is 1.53 bits per heavy atom. The number of benzene rings is 1. The van der Waals surface area contributed by atoms with Crippen LogP contribution in [0.25, 0.3) is 0 Å². The molecule has 1 atom stereocenters. The van der Waals surface area contributed by atoms with Crippen LogP contribution in [0.15, 0.2) is 23.1 Å². The van der Waals surface area contributed by atoms with Crippen LogP contribution in [0.4, 0.5) is 4.79 Å². The number of rotatable bonds is 4. The zero-order chi connectivity index (χ0) is 14.0. The number of hydrogen-bond acceptors (Lipinski definition) is 5. The Morgan fingerprint density at radius 2 is 2.26 bits per heavy atom. The number of nitrogens with one attached hydrogen (secondary N) is 1. The molecule has 1 fully saturated rings. The molecule has 1 heterocycles. The van der Waals surface area contributed by atoms with E-state index in [0.717, 1.165) is 5.56 Å². The van der Waals surface area contributed by atoms with Gasteiger partial charge in [-0.1, -0.05) is 17.8 Å². The van der Waals surface area contributed by atoms with Crippen molar-refractivity contribution >= 4 is 27.0 Å². The smallest absolute Gasteiger partial charge is 0.279 e. The van der Waals surface area contributed by atoms with E-state index in [1.165, 1.54) is 24.9 Å². The molecule has 1 aromatic rings. The molecule has 0 bridgehead atoms. The van der Waals surface area contributed by atoms with Gasteiger partial charge >= 0.3 is 0 Å². The first kappa shape index (κ1) is 14.2. The molecule has 1 aliphatic rings. The van der Waals surface area contributed by atoms with Gasteiger partial charge in [-0.3, -0.25) is 4.79 Å². The highest BCUT2D eigenvalue weighted by molar-refractivity contribution is 8.13. The lowest BCUT2D eigenvalue weighted by Gasteiger charge is -2.12. The summed E-state index contributed by atoms with van der Waals surface area (Å²) >= 11 is 1.22. The molecule has 0 spiro atoms. The van der Waals surface area contributed by atoms with Crippen LogP contribution >= 0.6 is 11.8 Å². The molecular weight excluding hydrogens is 288 g/mol. The lowest BCUT2D eigenvalue weighted by Crippen LogP contribution is -2.28. The molecule has 0 aromatic heterocycles. The van der Waals surface area contributed by atoms with E-state index in [0.29, 0.717) is 12.2 Å². The number of amides is 1. The second-order valence-corrected chi connectivity index (χ2v) is 6.70. The van der Waals surface area contributed by atoms with Crippen molar-refractivity contribution in [1.29, 1.82) is 0 Å². The zero-order valence-corrected chi connectivity index (χ0v) is 11.9. The van der Waals surface area contributed by atoms with Gasteiger partial charge in [0.25, 0.3) is 5.24 Å².